The standard InChI is InChI=1S/C13H13NO/c1-10(14-15)9-12-7-4-6-11-5-2-3-8-13(11)12/h2-8,15H,9H2,1H3. The van der Waals surface area contributed by atoms with E-state index in [1.165, 1.54) is 16.3 Å². The van der Waals surface area contributed by atoms with Crippen LogP contribution < -0.4 is 0 Å². The monoisotopic (exact) mass is 199 g/mol. The van der Waals surface area contributed by atoms with Gasteiger partial charge in [-0.2, -0.15) is 0 Å². The summed E-state index contributed by atoms with van der Waals surface area (Å²) in [6.45, 7) is 1.82. The van der Waals surface area contributed by atoms with E-state index in [1.54, 1.807) is 0 Å². The zero-order valence-electron chi connectivity index (χ0n) is 8.64. The van der Waals surface area contributed by atoms with E-state index in [0.717, 1.165) is 5.71 Å². The summed E-state index contributed by atoms with van der Waals surface area (Å²) in [5, 5.41) is 14.3. The number of rotatable bonds is 2. The van der Waals surface area contributed by atoms with Gasteiger partial charge in [-0.15, -0.1) is 0 Å². The first-order valence-electron chi connectivity index (χ1n) is 4.95. The molecule has 0 spiro atoms. The molecule has 2 rings (SSSR count). The maximum absolute atomic E-state index is 8.66. The average molecular weight is 199 g/mol. The van der Waals surface area contributed by atoms with Crippen molar-refractivity contribution in [3.05, 3.63) is 48.0 Å². The number of oxime groups is 1. The highest BCUT2D eigenvalue weighted by Gasteiger charge is 2.01. The van der Waals surface area contributed by atoms with Gasteiger partial charge in [0.15, 0.2) is 0 Å². The van der Waals surface area contributed by atoms with Crippen LogP contribution in [0.4, 0.5) is 0 Å². The van der Waals surface area contributed by atoms with E-state index in [-0.39, 0.29) is 0 Å². The van der Waals surface area contributed by atoms with Crippen LogP contribution in [0, 0.1) is 0 Å². The Hall–Kier alpha value is -1.83. The highest BCUT2D eigenvalue weighted by atomic mass is 16.4. The van der Waals surface area contributed by atoms with Crippen molar-refractivity contribution in [1.29, 1.82) is 0 Å². The Kier molecular flexibility index (Phi) is 2.68. The molecule has 0 aromatic heterocycles. The minimum Gasteiger partial charge on any atom is -0.411 e. The van der Waals surface area contributed by atoms with Gasteiger partial charge in [-0.1, -0.05) is 47.6 Å². The summed E-state index contributed by atoms with van der Waals surface area (Å²) < 4.78 is 0. The maximum Gasteiger partial charge on any atom is 0.0583 e. The zero-order valence-corrected chi connectivity index (χ0v) is 8.64. The van der Waals surface area contributed by atoms with Crippen molar-refractivity contribution in [2.75, 3.05) is 0 Å². The molecule has 0 aliphatic heterocycles. The van der Waals surface area contributed by atoms with Crippen molar-refractivity contribution in [2.24, 2.45) is 5.16 Å². The third-order valence-corrected chi connectivity index (χ3v) is 2.50. The zero-order chi connectivity index (χ0) is 10.7. The van der Waals surface area contributed by atoms with E-state index in [4.69, 9.17) is 5.21 Å². The van der Waals surface area contributed by atoms with Gasteiger partial charge >= 0.3 is 0 Å². The summed E-state index contributed by atoms with van der Waals surface area (Å²) in [4.78, 5) is 0. The molecule has 0 atom stereocenters. The second-order valence-electron chi connectivity index (χ2n) is 3.65. The van der Waals surface area contributed by atoms with Crippen molar-refractivity contribution in [3.8, 4) is 0 Å². The Bertz CT molecular complexity index is 497. The SMILES string of the molecule is CC(Cc1cccc2ccccc12)=NO. The fourth-order valence-corrected chi connectivity index (χ4v) is 1.76. The Labute approximate surface area is 88.9 Å². The van der Waals surface area contributed by atoms with Crippen LogP contribution in [0.25, 0.3) is 10.8 Å². The third kappa shape index (κ3) is 1.99. The first kappa shape index (κ1) is 9.71. The van der Waals surface area contributed by atoms with Crippen LogP contribution in [-0.2, 0) is 6.42 Å². The van der Waals surface area contributed by atoms with Gasteiger partial charge in [-0.05, 0) is 23.3 Å². The summed E-state index contributed by atoms with van der Waals surface area (Å²) in [6.07, 6.45) is 0.692. The van der Waals surface area contributed by atoms with Crippen LogP contribution in [-0.4, -0.2) is 10.9 Å². The molecule has 2 aromatic rings. The normalized spacial score (nSPS) is 11.9. The Morgan fingerprint density at radius 1 is 1.13 bits per heavy atom. The summed E-state index contributed by atoms with van der Waals surface area (Å²) in [7, 11) is 0. The summed E-state index contributed by atoms with van der Waals surface area (Å²) in [6, 6.07) is 14.4. The molecule has 15 heavy (non-hydrogen) atoms. The summed E-state index contributed by atoms with van der Waals surface area (Å²) in [5.74, 6) is 0. The molecule has 0 radical (unpaired) electrons. The number of hydrogen-bond acceptors (Lipinski definition) is 2. The smallest absolute Gasteiger partial charge is 0.0583 e. The lowest BCUT2D eigenvalue weighted by Crippen LogP contribution is -1.97. The highest BCUT2D eigenvalue weighted by molar-refractivity contribution is 5.91. The lowest BCUT2D eigenvalue weighted by atomic mass is 10.0. The number of nitrogens with zero attached hydrogens (tertiary/aromatic N) is 1. The van der Waals surface area contributed by atoms with Crippen molar-refractivity contribution in [1.82, 2.24) is 0 Å². The van der Waals surface area contributed by atoms with Crippen LogP contribution in [0.2, 0.25) is 0 Å². The molecular weight excluding hydrogens is 186 g/mol. The minimum atomic E-state index is 0.692. The molecule has 0 aliphatic rings. The first-order valence-corrected chi connectivity index (χ1v) is 4.95. The van der Waals surface area contributed by atoms with Crippen LogP contribution in [0.3, 0.4) is 0 Å². The Morgan fingerprint density at radius 3 is 2.67 bits per heavy atom. The first-order chi connectivity index (χ1) is 7.31. The van der Waals surface area contributed by atoms with Crippen LogP contribution in [0.15, 0.2) is 47.6 Å². The lowest BCUT2D eigenvalue weighted by molar-refractivity contribution is 0.317. The van der Waals surface area contributed by atoms with E-state index >= 15 is 0 Å². The molecule has 0 bridgehead atoms. The molecule has 1 N–H and O–H groups in total. The molecule has 76 valence electrons. The Balaban J connectivity index is 2.51. The lowest BCUT2D eigenvalue weighted by Gasteiger charge is -2.05. The van der Waals surface area contributed by atoms with Gasteiger partial charge in [-0.3, -0.25) is 0 Å². The van der Waals surface area contributed by atoms with Crippen molar-refractivity contribution >= 4 is 16.5 Å². The largest absolute Gasteiger partial charge is 0.411 e. The number of benzene rings is 2. The molecule has 0 unspecified atom stereocenters. The molecule has 2 nitrogen and oxygen atoms in total. The van der Waals surface area contributed by atoms with Gasteiger partial charge in [0.1, 0.15) is 0 Å². The van der Waals surface area contributed by atoms with Crippen LogP contribution >= 0.6 is 0 Å². The van der Waals surface area contributed by atoms with E-state index in [0.29, 0.717) is 6.42 Å². The van der Waals surface area contributed by atoms with E-state index in [9.17, 15) is 0 Å². The highest BCUT2D eigenvalue weighted by Crippen LogP contribution is 2.19. The molecule has 0 saturated carbocycles. The predicted molar refractivity (Wildman–Crippen MR) is 62.5 cm³/mol. The molecular formula is C13H13NO. The molecule has 0 fully saturated rings. The van der Waals surface area contributed by atoms with Crippen LogP contribution in [0.1, 0.15) is 12.5 Å². The molecule has 0 heterocycles. The quantitative estimate of drug-likeness (QED) is 0.449. The second-order valence-corrected chi connectivity index (χ2v) is 3.65. The Morgan fingerprint density at radius 2 is 1.87 bits per heavy atom. The van der Waals surface area contributed by atoms with Crippen molar-refractivity contribution in [2.45, 2.75) is 13.3 Å². The fourth-order valence-electron chi connectivity index (χ4n) is 1.76. The van der Waals surface area contributed by atoms with Crippen molar-refractivity contribution in [3.63, 3.8) is 0 Å². The van der Waals surface area contributed by atoms with E-state index in [1.807, 2.05) is 25.1 Å². The summed E-state index contributed by atoms with van der Waals surface area (Å²) in [5.41, 5.74) is 1.93. The average Bonchev–Trinajstić information content (AvgIpc) is 2.29. The van der Waals surface area contributed by atoms with Gasteiger partial charge in [0.05, 0.1) is 5.71 Å². The van der Waals surface area contributed by atoms with Gasteiger partial charge < -0.3 is 5.21 Å². The van der Waals surface area contributed by atoms with E-state index < -0.39 is 0 Å². The van der Waals surface area contributed by atoms with Crippen molar-refractivity contribution < 1.29 is 5.21 Å². The van der Waals surface area contributed by atoms with Crippen LogP contribution in [0.5, 0.6) is 0 Å². The third-order valence-electron chi connectivity index (χ3n) is 2.50. The van der Waals surface area contributed by atoms with Gasteiger partial charge in [0, 0.05) is 6.42 Å². The second kappa shape index (κ2) is 4.13. The maximum atomic E-state index is 8.66. The molecule has 0 amide bonds. The predicted octanol–water partition coefficient (Wildman–Crippen LogP) is 3.23. The topological polar surface area (TPSA) is 32.6 Å². The fraction of sp³-hybridized carbons (Fsp3) is 0.154. The van der Waals surface area contributed by atoms with Gasteiger partial charge in [0.25, 0.3) is 0 Å². The number of hydrogen-bond donors (Lipinski definition) is 1. The molecule has 0 saturated heterocycles. The van der Waals surface area contributed by atoms with Gasteiger partial charge in [0.2, 0.25) is 0 Å². The molecule has 2 aromatic carbocycles. The van der Waals surface area contributed by atoms with E-state index in [2.05, 4.69) is 29.4 Å². The minimum absolute atomic E-state index is 0.692. The van der Waals surface area contributed by atoms with Gasteiger partial charge in [-0.25, -0.2) is 0 Å². The number of fused-ring (bicyclic) bond motifs is 1. The molecule has 0 aliphatic carbocycles. The molecule has 2 heteroatoms. The summed E-state index contributed by atoms with van der Waals surface area (Å²) >= 11 is 0.